The molecule has 1 saturated carbocycles. The van der Waals surface area contributed by atoms with E-state index in [1.54, 1.807) is 6.33 Å². The summed E-state index contributed by atoms with van der Waals surface area (Å²) in [5, 5.41) is 7.73. The number of nitrogens with zero attached hydrogens (tertiary/aromatic N) is 3. The molecule has 0 amide bonds. The van der Waals surface area contributed by atoms with Crippen LogP contribution in [0.4, 0.5) is 0 Å². The molecule has 0 spiro atoms. The van der Waals surface area contributed by atoms with Gasteiger partial charge in [0.05, 0.1) is 6.54 Å². The van der Waals surface area contributed by atoms with E-state index in [2.05, 4.69) is 22.3 Å². The van der Waals surface area contributed by atoms with E-state index in [9.17, 15) is 0 Å². The summed E-state index contributed by atoms with van der Waals surface area (Å²) >= 11 is 0. The van der Waals surface area contributed by atoms with Crippen LogP contribution in [0, 0.1) is 5.92 Å². The molecule has 90 valence electrons. The van der Waals surface area contributed by atoms with Crippen LogP contribution in [0.25, 0.3) is 0 Å². The monoisotopic (exact) mass is 222 g/mol. The Labute approximate surface area is 97.5 Å². The zero-order chi connectivity index (χ0) is 11.2. The van der Waals surface area contributed by atoms with Crippen molar-refractivity contribution in [3.8, 4) is 0 Å². The number of aryl methyl sites for hydroxylation is 1. The van der Waals surface area contributed by atoms with Gasteiger partial charge in [-0.3, -0.25) is 0 Å². The Morgan fingerprint density at radius 3 is 3.00 bits per heavy atom. The first-order chi connectivity index (χ1) is 7.90. The van der Waals surface area contributed by atoms with Gasteiger partial charge in [0.2, 0.25) is 0 Å². The first kappa shape index (κ1) is 11.6. The molecule has 1 fully saturated rings. The van der Waals surface area contributed by atoms with E-state index in [0.29, 0.717) is 0 Å². The van der Waals surface area contributed by atoms with Gasteiger partial charge in [-0.25, -0.2) is 9.67 Å². The molecule has 16 heavy (non-hydrogen) atoms. The Morgan fingerprint density at radius 2 is 2.25 bits per heavy atom. The normalized spacial score (nSPS) is 17.1. The van der Waals surface area contributed by atoms with Gasteiger partial charge in [0, 0.05) is 6.54 Å². The Balaban J connectivity index is 1.73. The second-order valence-corrected chi connectivity index (χ2v) is 4.68. The number of hydrogen-bond acceptors (Lipinski definition) is 3. The van der Waals surface area contributed by atoms with Crippen LogP contribution in [0.5, 0.6) is 0 Å². The fraction of sp³-hybridized carbons (Fsp3) is 0.833. The molecule has 0 saturated heterocycles. The van der Waals surface area contributed by atoms with Crippen LogP contribution in [0.2, 0.25) is 0 Å². The molecule has 1 aromatic rings. The van der Waals surface area contributed by atoms with E-state index in [0.717, 1.165) is 37.8 Å². The molecule has 1 heterocycles. The average Bonchev–Trinajstić information content (AvgIpc) is 2.91. The number of hydrogen-bond donors (Lipinski definition) is 1. The minimum Gasteiger partial charge on any atom is -0.310 e. The standard InChI is InChI=1S/C12H22N4/c1-2-7-16-12(14-10-15-16)9-13-8-11-5-3-4-6-11/h10-11,13H,2-9H2,1H3. The molecule has 4 heteroatoms. The van der Waals surface area contributed by atoms with Crippen molar-refractivity contribution in [2.45, 2.75) is 52.1 Å². The highest BCUT2D eigenvalue weighted by Crippen LogP contribution is 2.23. The zero-order valence-electron chi connectivity index (χ0n) is 10.2. The van der Waals surface area contributed by atoms with Gasteiger partial charge in [-0.15, -0.1) is 0 Å². The zero-order valence-corrected chi connectivity index (χ0v) is 10.2. The Morgan fingerprint density at radius 1 is 1.44 bits per heavy atom. The van der Waals surface area contributed by atoms with Crippen molar-refractivity contribution >= 4 is 0 Å². The summed E-state index contributed by atoms with van der Waals surface area (Å²) in [4.78, 5) is 4.29. The minimum atomic E-state index is 0.858. The third-order valence-electron chi connectivity index (χ3n) is 3.32. The maximum Gasteiger partial charge on any atom is 0.140 e. The van der Waals surface area contributed by atoms with E-state index < -0.39 is 0 Å². The van der Waals surface area contributed by atoms with Gasteiger partial charge in [0.1, 0.15) is 12.2 Å². The molecule has 1 N–H and O–H groups in total. The Hall–Kier alpha value is -0.900. The number of aromatic nitrogens is 3. The molecular weight excluding hydrogens is 200 g/mol. The van der Waals surface area contributed by atoms with Crippen LogP contribution in [0.3, 0.4) is 0 Å². The fourth-order valence-corrected chi connectivity index (χ4v) is 2.43. The first-order valence-electron chi connectivity index (χ1n) is 6.47. The van der Waals surface area contributed by atoms with E-state index in [1.807, 2.05) is 4.68 Å². The topological polar surface area (TPSA) is 42.7 Å². The Kier molecular flexibility index (Phi) is 4.34. The smallest absolute Gasteiger partial charge is 0.140 e. The molecule has 0 aromatic carbocycles. The van der Waals surface area contributed by atoms with Crippen molar-refractivity contribution in [2.75, 3.05) is 6.54 Å². The van der Waals surface area contributed by atoms with Crippen LogP contribution in [0.1, 0.15) is 44.9 Å². The molecule has 0 radical (unpaired) electrons. The van der Waals surface area contributed by atoms with Crippen LogP contribution in [-0.4, -0.2) is 21.3 Å². The van der Waals surface area contributed by atoms with Crippen molar-refractivity contribution in [3.05, 3.63) is 12.2 Å². The first-order valence-corrected chi connectivity index (χ1v) is 6.47. The summed E-state index contributed by atoms with van der Waals surface area (Å²) in [6, 6.07) is 0. The summed E-state index contributed by atoms with van der Waals surface area (Å²) in [6.45, 7) is 5.13. The van der Waals surface area contributed by atoms with Gasteiger partial charge >= 0.3 is 0 Å². The maximum atomic E-state index is 4.29. The van der Waals surface area contributed by atoms with Crippen LogP contribution >= 0.6 is 0 Å². The molecule has 0 aliphatic heterocycles. The lowest BCUT2D eigenvalue weighted by Gasteiger charge is -2.10. The van der Waals surface area contributed by atoms with Gasteiger partial charge in [-0.1, -0.05) is 19.8 Å². The molecule has 0 atom stereocenters. The summed E-state index contributed by atoms with van der Waals surface area (Å²) in [7, 11) is 0. The lowest BCUT2D eigenvalue weighted by atomic mass is 10.1. The molecular formula is C12H22N4. The molecule has 1 aromatic heterocycles. The second-order valence-electron chi connectivity index (χ2n) is 4.68. The van der Waals surface area contributed by atoms with Crippen LogP contribution < -0.4 is 5.32 Å². The summed E-state index contributed by atoms with van der Waals surface area (Å²) in [6.07, 6.45) is 8.39. The third kappa shape index (κ3) is 3.04. The molecule has 0 unspecified atom stereocenters. The lowest BCUT2D eigenvalue weighted by Crippen LogP contribution is -2.23. The number of nitrogens with one attached hydrogen (secondary N) is 1. The molecule has 4 nitrogen and oxygen atoms in total. The molecule has 2 rings (SSSR count). The summed E-state index contributed by atoms with van der Waals surface area (Å²) in [5.74, 6) is 1.96. The van der Waals surface area contributed by atoms with Crippen LogP contribution in [-0.2, 0) is 13.1 Å². The highest BCUT2D eigenvalue weighted by atomic mass is 15.3. The second kappa shape index (κ2) is 5.99. The van der Waals surface area contributed by atoms with Gasteiger partial charge in [0.25, 0.3) is 0 Å². The van der Waals surface area contributed by atoms with E-state index in [4.69, 9.17) is 0 Å². The quantitative estimate of drug-likeness (QED) is 0.800. The van der Waals surface area contributed by atoms with Crippen molar-refractivity contribution in [2.24, 2.45) is 5.92 Å². The van der Waals surface area contributed by atoms with Gasteiger partial charge < -0.3 is 5.32 Å². The number of rotatable bonds is 6. The highest BCUT2D eigenvalue weighted by molar-refractivity contribution is 4.84. The third-order valence-corrected chi connectivity index (χ3v) is 3.32. The average molecular weight is 222 g/mol. The van der Waals surface area contributed by atoms with Crippen LogP contribution in [0.15, 0.2) is 6.33 Å². The van der Waals surface area contributed by atoms with E-state index in [1.165, 1.54) is 25.7 Å². The van der Waals surface area contributed by atoms with Gasteiger partial charge in [-0.2, -0.15) is 5.10 Å². The van der Waals surface area contributed by atoms with Crippen molar-refractivity contribution in [1.82, 2.24) is 20.1 Å². The van der Waals surface area contributed by atoms with E-state index in [-0.39, 0.29) is 0 Å². The predicted octanol–water partition coefficient (Wildman–Crippen LogP) is 1.97. The highest BCUT2D eigenvalue weighted by Gasteiger charge is 2.14. The molecule has 1 aliphatic rings. The van der Waals surface area contributed by atoms with Crippen molar-refractivity contribution in [1.29, 1.82) is 0 Å². The summed E-state index contributed by atoms with van der Waals surface area (Å²) in [5.41, 5.74) is 0. The predicted molar refractivity (Wildman–Crippen MR) is 64.0 cm³/mol. The molecule has 0 bridgehead atoms. The fourth-order valence-electron chi connectivity index (χ4n) is 2.43. The van der Waals surface area contributed by atoms with Gasteiger partial charge in [-0.05, 0) is 31.7 Å². The molecule has 1 aliphatic carbocycles. The van der Waals surface area contributed by atoms with E-state index >= 15 is 0 Å². The van der Waals surface area contributed by atoms with Gasteiger partial charge in [0.15, 0.2) is 0 Å². The maximum absolute atomic E-state index is 4.29. The SMILES string of the molecule is CCCn1ncnc1CNCC1CCCC1. The lowest BCUT2D eigenvalue weighted by molar-refractivity contribution is 0.470. The largest absolute Gasteiger partial charge is 0.310 e. The summed E-state index contributed by atoms with van der Waals surface area (Å²) < 4.78 is 2.00. The van der Waals surface area contributed by atoms with Crippen molar-refractivity contribution in [3.63, 3.8) is 0 Å². The Bertz CT molecular complexity index is 302. The minimum absolute atomic E-state index is 0.858. The van der Waals surface area contributed by atoms with Crippen molar-refractivity contribution < 1.29 is 0 Å².